The SMILES string of the molecule is Cc1cc([NH+]([O-])O)ccc1N1N=C2COCC=C2C(C#N)=C1N. The second-order valence-corrected chi connectivity index (χ2v) is 5.17. The third-order valence-electron chi connectivity index (χ3n) is 3.71. The number of nitrogens with one attached hydrogen (secondary N) is 1. The second-order valence-electron chi connectivity index (χ2n) is 5.17. The number of nitrogens with two attached hydrogens (primary N) is 1. The molecule has 0 saturated carbocycles. The molecule has 2 aliphatic rings. The van der Waals surface area contributed by atoms with Gasteiger partial charge in [0.15, 0.2) is 5.69 Å². The minimum Gasteiger partial charge on any atom is -0.595 e. The van der Waals surface area contributed by atoms with Crippen LogP contribution in [0.4, 0.5) is 11.4 Å². The zero-order valence-electron chi connectivity index (χ0n) is 12.4. The van der Waals surface area contributed by atoms with Gasteiger partial charge in [-0.05, 0) is 24.6 Å². The smallest absolute Gasteiger partial charge is 0.164 e. The van der Waals surface area contributed by atoms with Crippen LogP contribution in [-0.2, 0) is 4.74 Å². The van der Waals surface area contributed by atoms with Gasteiger partial charge in [0.1, 0.15) is 17.5 Å². The summed E-state index contributed by atoms with van der Waals surface area (Å²) in [5, 5.41) is 34.4. The van der Waals surface area contributed by atoms with Crippen molar-refractivity contribution in [1.82, 2.24) is 0 Å². The highest BCUT2D eigenvalue weighted by Gasteiger charge is 2.28. The minimum atomic E-state index is -1.00. The van der Waals surface area contributed by atoms with Gasteiger partial charge in [0.05, 0.1) is 24.6 Å². The predicted octanol–water partition coefficient (Wildman–Crippen LogP) is 0.225. The van der Waals surface area contributed by atoms with E-state index in [9.17, 15) is 10.5 Å². The zero-order valence-corrected chi connectivity index (χ0v) is 12.4. The lowest BCUT2D eigenvalue weighted by Gasteiger charge is -2.30. The molecule has 0 aliphatic carbocycles. The molecular weight excluding hydrogens is 298 g/mol. The van der Waals surface area contributed by atoms with Crippen LogP contribution in [0.2, 0.25) is 0 Å². The van der Waals surface area contributed by atoms with E-state index in [1.165, 1.54) is 11.1 Å². The maximum atomic E-state index is 11.0. The zero-order chi connectivity index (χ0) is 16.6. The summed E-state index contributed by atoms with van der Waals surface area (Å²) < 4.78 is 5.35. The fourth-order valence-electron chi connectivity index (χ4n) is 2.57. The first-order chi connectivity index (χ1) is 11.0. The van der Waals surface area contributed by atoms with Crippen LogP contribution in [0, 0.1) is 23.5 Å². The number of fused-ring (bicyclic) bond motifs is 1. The normalized spacial score (nSPS) is 18.8. The highest BCUT2D eigenvalue weighted by atomic mass is 16.8. The molecule has 0 spiro atoms. The highest BCUT2D eigenvalue weighted by Crippen LogP contribution is 2.31. The molecular formula is C15H15N5O3. The van der Waals surface area contributed by atoms with Gasteiger partial charge in [-0.2, -0.15) is 15.6 Å². The van der Waals surface area contributed by atoms with Gasteiger partial charge in [0.2, 0.25) is 0 Å². The molecule has 8 nitrogen and oxygen atoms in total. The van der Waals surface area contributed by atoms with E-state index in [0.717, 1.165) is 0 Å². The number of aryl methyl sites for hydroxylation is 1. The number of nitrogens with zero attached hydrogens (tertiary/aromatic N) is 3. The predicted molar refractivity (Wildman–Crippen MR) is 82.6 cm³/mol. The summed E-state index contributed by atoms with van der Waals surface area (Å²) in [4.78, 5) is 0. The number of anilines is 1. The van der Waals surface area contributed by atoms with Crippen LogP contribution >= 0.6 is 0 Å². The van der Waals surface area contributed by atoms with Crippen LogP contribution < -0.4 is 16.0 Å². The Labute approximate surface area is 132 Å². The first-order valence-corrected chi connectivity index (χ1v) is 6.93. The second kappa shape index (κ2) is 5.83. The van der Waals surface area contributed by atoms with Crippen LogP contribution in [-0.4, -0.2) is 24.1 Å². The maximum absolute atomic E-state index is 11.0. The van der Waals surface area contributed by atoms with Crippen LogP contribution in [0.1, 0.15) is 5.56 Å². The van der Waals surface area contributed by atoms with Crippen LogP contribution in [0.25, 0.3) is 0 Å². The number of hydrogen-bond donors (Lipinski definition) is 3. The number of allylic oxidation sites excluding steroid dienone is 1. The Morgan fingerprint density at radius 3 is 2.96 bits per heavy atom. The summed E-state index contributed by atoms with van der Waals surface area (Å²) in [6, 6.07) is 6.76. The van der Waals surface area contributed by atoms with E-state index in [1.807, 2.05) is 0 Å². The number of hydrazone groups is 1. The van der Waals surface area contributed by atoms with Crippen molar-refractivity contribution in [3.8, 4) is 6.07 Å². The molecule has 4 N–H and O–H groups in total. The fourth-order valence-corrected chi connectivity index (χ4v) is 2.57. The van der Waals surface area contributed by atoms with Crippen molar-refractivity contribution in [3.05, 3.63) is 52.0 Å². The summed E-state index contributed by atoms with van der Waals surface area (Å²) in [6.07, 6.45) is 1.78. The summed E-state index contributed by atoms with van der Waals surface area (Å²) in [6.45, 7) is 2.48. The van der Waals surface area contributed by atoms with Gasteiger partial charge in [0, 0.05) is 17.7 Å². The molecule has 1 aromatic carbocycles. The summed E-state index contributed by atoms with van der Waals surface area (Å²) in [5.74, 6) is 0.218. The molecule has 1 aromatic rings. The summed E-state index contributed by atoms with van der Waals surface area (Å²) >= 11 is 0. The van der Waals surface area contributed by atoms with E-state index in [4.69, 9.17) is 15.7 Å². The lowest BCUT2D eigenvalue weighted by molar-refractivity contribution is -0.991. The van der Waals surface area contributed by atoms with E-state index in [0.29, 0.717) is 41.3 Å². The van der Waals surface area contributed by atoms with E-state index < -0.39 is 5.23 Å². The Kier molecular flexibility index (Phi) is 3.85. The van der Waals surface area contributed by atoms with Gasteiger partial charge in [-0.1, -0.05) is 0 Å². The number of quaternary nitrogens is 1. The number of ether oxygens (including phenoxy) is 1. The van der Waals surface area contributed by atoms with E-state index in [1.54, 1.807) is 25.1 Å². The van der Waals surface area contributed by atoms with Gasteiger partial charge in [-0.3, -0.25) is 0 Å². The van der Waals surface area contributed by atoms with Gasteiger partial charge in [0.25, 0.3) is 0 Å². The molecule has 1 atom stereocenters. The largest absolute Gasteiger partial charge is 0.595 e. The number of benzene rings is 1. The topological polar surface area (TPSA) is 122 Å². The fraction of sp³-hybridized carbons (Fsp3) is 0.200. The molecule has 0 fully saturated rings. The molecule has 0 radical (unpaired) electrons. The third kappa shape index (κ3) is 2.58. The average Bonchev–Trinajstić information content (AvgIpc) is 2.54. The van der Waals surface area contributed by atoms with Crippen LogP contribution in [0.3, 0.4) is 0 Å². The van der Waals surface area contributed by atoms with Crippen LogP contribution in [0.15, 0.2) is 46.3 Å². The molecule has 3 rings (SSSR count). The lowest BCUT2D eigenvalue weighted by atomic mass is 9.99. The first-order valence-electron chi connectivity index (χ1n) is 6.93. The molecule has 118 valence electrons. The summed E-state index contributed by atoms with van der Waals surface area (Å²) in [5.41, 5.74) is 9.29. The molecule has 0 saturated heterocycles. The Bertz CT molecular complexity index is 789. The standard InChI is InChI=1S/C15H15N5O3/c1-9-6-10(20(21)22)2-3-14(9)19-15(17)12(7-16)11-4-5-23-8-13(11)18-19/h2-4,6,20-21H,5,8,17H2,1H3. The molecule has 0 amide bonds. The van der Waals surface area contributed by atoms with Crippen molar-refractivity contribution >= 4 is 17.1 Å². The molecule has 8 heteroatoms. The van der Waals surface area contributed by atoms with Crippen molar-refractivity contribution in [2.45, 2.75) is 6.92 Å². The van der Waals surface area contributed by atoms with Gasteiger partial charge in [-0.15, -0.1) is 0 Å². The third-order valence-corrected chi connectivity index (χ3v) is 3.71. The van der Waals surface area contributed by atoms with E-state index in [2.05, 4.69) is 11.2 Å². The van der Waals surface area contributed by atoms with Crippen LogP contribution in [0.5, 0.6) is 0 Å². The van der Waals surface area contributed by atoms with Gasteiger partial charge in [-0.25, -0.2) is 10.2 Å². The first kappa shape index (κ1) is 15.2. The maximum Gasteiger partial charge on any atom is 0.164 e. The molecule has 2 heterocycles. The molecule has 2 aliphatic heterocycles. The number of hydrogen-bond acceptors (Lipinski definition) is 7. The molecule has 0 bridgehead atoms. The van der Waals surface area contributed by atoms with E-state index >= 15 is 0 Å². The van der Waals surface area contributed by atoms with Crippen molar-refractivity contribution in [1.29, 1.82) is 5.26 Å². The Balaban J connectivity index is 2.10. The number of rotatable bonds is 2. The van der Waals surface area contributed by atoms with Gasteiger partial charge < -0.3 is 15.7 Å². The number of nitriles is 1. The van der Waals surface area contributed by atoms with E-state index in [-0.39, 0.29) is 11.5 Å². The molecule has 1 unspecified atom stereocenters. The lowest BCUT2D eigenvalue weighted by Crippen LogP contribution is -2.99. The summed E-state index contributed by atoms with van der Waals surface area (Å²) in [7, 11) is 0. The highest BCUT2D eigenvalue weighted by molar-refractivity contribution is 6.08. The van der Waals surface area contributed by atoms with Gasteiger partial charge >= 0.3 is 0 Å². The van der Waals surface area contributed by atoms with Crippen molar-refractivity contribution in [2.75, 3.05) is 18.2 Å². The van der Waals surface area contributed by atoms with Crippen molar-refractivity contribution < 1.29 is 15.2 Å². The van der Waals surface area contributed by atoms with Crippen molar-refractivity contribution in [2.24, 2.45) is 10.8 Å². The molecule has 23 heavy (non-hydrogen) atoms. The Morgan fingerprint density at radius 1 is 1.52 bits per heavy atom. The minimum absolute atomic E-state index is 0.181. The molecule has 0 aromatic heterocycles. The average molecular weight is 313 g/mol. The monoisotopic (exact) mass is 313 g/mol. The van der Waals surface area contributed by atoms with Crippen molar-refractivity contribution in [3.63, 3.8) is 0 Å². The Morgan fingerprint density at radius 2 is 2.30 bits per heavy atom. The quantitative estimate of drug-likeness (QED) is 0.672. The Hall–Kier alpha value is -2.70.